The standard InChI is InChI=1S/C16H18N2O6S/c1-2-3-8-25(22,23)18-13-6-4-12(5-7-13)17-15(19)14-9-11(10-24-14)16(20)21/h4-7,9-10,18H,2-3,8H2,1H3,(H,17,19)(H,20,21). The summed E-state index contributed by atoms with van der Waals surface area (Å²) in [7, 11) is -3.39. The average molecular weight is 366 g/mol. The first-order valence-electron chi connectivity index (χ1n) is 7.54. The molecular formula is C16H18N2O6S. The van der Waals surface area contributed by atoms with Gasteiger partial charge in [0.25, 0.3) is 5.91 Å². The molecule has 0 saturated heterocycles. The highest BCUT2D eigenvalue weighted by molar-refractivity contribution is 7.92. The van der Waals surface area contributed by atoms with Gasteiger partial charge in [0.1, 0.15) is 6.26 Å². The van der Waals surface area contributed by atoms with E-state index >= 15 is 0 Å². The van der Waals surface area contributed by atoms with Gasteiger partial charge in [-0.25, -0.2) is 13.2 Å². The van der Waals surface area contributed by atoms with Crippen molar-refractivity contribution in [1.82, 2.24) is 0 Å². The minimum Gasteiger partial charge on any atom is -0.478 e. The molecule has 0 aliphatic rings. The van der Waals surface area contributed by atoms with E-state index in [-0.39, 0.29) is 17.1 Å². The summed E-state index contributed by atoms with van der Waals surface area (Å²) in [5.74, 6) is -1.89. The number of carbonyl (C=O) groups is 2. The van der Waals surface area contributed by atoms with Gasteiger partial charge in [-0.15, -0.1) is 0 Å². The minimum atomic E-state index is -3.39. The zero-order valence-electron chi connectivity index (χ0n) is 13.5. The number of aromatic carboxylic acids is 1. The zero-order chi connectivity index (χ0) is 18.4. The molecule has 25 heavy (non-hydrogen) atoms. The van der Waals surface area contributed by atoms with Gasteiger partial charge in [-0.2, -0.15) is 0 Å². The van der Waals surface area contributed by atoms with Gasteiger partial charge >= 0.3 is 5.97 Å². The number of hydrogen-bond donors (Lipinski definition) is 3. The lowest BCUT2D eigenvalue weighted by Crippen LogP contribution is -2.16. The maximum Gasteiger partial charge on any atom is 0.338 e. The Morgan fingerprint density at radius 1 is 1.16 bits per heavy atom. The molecule has 1 amide bonds. The number of nitrogens with one attached hydrogen (secondary N) is 2. The van der Waals surface area contributed by atoms with Crippen molar-refractivity contribution in [2.24, 2.45) is 0 Å². The molecule has 0 aliphatic heterocycles. The predicted molar refractivity (Wildman–Crippen MR) is 92.4 cm³/mol. The smallest absolute Gasteiger partial charge is 0.338 e. The first-order valence-corrected chi connectivity index (χ1v) is 9.19. The van der Waals surface area contributed by atoms with E-state index in [0.717, 1.165) is 18.8 Å². The number of amides is 1. The Balaban J connectivity index is 1.99. The fourth-order valence-corrected chi connectivity index (χ4v) is 3.21. The van der Waals surface area contributed by atoms with Crippen molar-refractivity contribution in [3.8, 4) is 0 Å². The van der Waals surface area contributed by atoms with Crippen molar-refractivity contribution in [3.63, 3.8) is 0 Å². The largest absolute Gasteiger partial charge is 0.478 e. The second-order valence-corrected chi connectivity index (χ2v) is 7.15. The highest BCUT2D eigenvalue weighted by Gasteiger charge is 2.15. The van der Waals surface area contributed by atoms with Gasteiger partial charge in [-0.1, -0.05) is 13.3 Å². The Bertz CT molecular complexity index is 855. The maximum atomic E-state index is 12.0. The average Bonchev–Trinajstić information content (AvgIpc) is 3.05. The summed E-state index contributed by atoms with van der Waals surface area (Å²) >= 11 is 0. The quantitative estimate of drug-likeness (QED) is 0.659. The number of sulfonamides is 1. The monoisotopic (exact) mass is 366 g/mol. The molecular weight excluding hydrogens is 348 g/mol. The molecule has 8 nitrogen and oxygen atoms in total. The fourth-order valence-electron chi connectivity index (χ4n) is 1.95. The molecule has 0 aliphatic carbocycles. The highest BCUT2D eigenvalue weighted by atomic mass is 32.2. The van der Waals surface area contributed by atoms with E-state index in [1.165, 1.54) is 24.3 Å². The third-order valence-corrected chi connectivity index (χ3v) is 4.63. The third kappa shape index (κ3) is 5.35. The van der Waals surface area contributed by atoms with Crippen LogP contribution in [-0.2, 0) is 10.0 Å². The van der Waals surface area contributed by atoms with E-state index in [1.54, 1.807) is 0 Å². The Morgan fingerprint density at radius 2 is 1.80 bits per heavy atom. The van der Waals surface area contributed by atoms with E-state index in [9.17, 15) is 18.0 Å². The molecule has 2 aromatic rings. The lowest BCUT2D eigenvalue weighted by molar-refractivity contribution is 0.0696. The van der Waals surface area contributed by atoms with Crippen LogP contribution in [0.15, 0.2) is 41.0 Å². The van der Waals surface area contributed by atoms with Gasteiger partial charge in [-0.3, -0.25) is 9.52 Å². The molecule has 3 N–H and O–H groups in total. The van der Waals surface area contributed by atoms with E-state index < -0.39 is 21.9 Å². The minimum absolute atomic E-state index is 0.0480. The summed E-state index contributed by atoms with van der Waals surface area (Å²) in [5.41, 5.74) is 0.678. The van der Waals surface area contributed by atoms with E-state index in [0.29, 0.717) is 17.8 Å². The molecule has 2 rings (SSSR count). The third-order valence-electron chi connectivity index (χ3n) is 3.25. The molecule has 0 unspecified atom stereocenters. The second-order valence-electron chi connectivity index (χ2n) is 5.31. The van der Waals surface area contributed by atoms with Gasteiger partial charge in [0.05, 0.1) is 11.3 Å². The van der Waals surface area contributed by atoms with E-state index in [1.807, 2.05) is 6.92 Å². The van der Waals surface area contributed by atoms with Crippen LogP contribution in [0.2, 0.25) is 0 Å². The van der Waals surface area contributed by atoms with Crippen LogP contribution in [0.1, 0.15) is 40.7 Å². The maximum absolute atomic E-state index is 12.0. The summed E-state index contributed by atoms with van der Waals surface area (Å²) in [6.45, 7) is 1.91. The van der Waals surface area contributed by atoms with Crippen LogP contribution in [0.25, 0.3) is 0 Å². The molecule has 0 spiro atoms. The van der Waals surface area contributed by atoms with Crippen LogP contribution in [0, 0.1) is 0 Å². The van der Waals surface area contributed by atoms with Crippen molar-refractivity contribution in [3.05, 3.63) is 47.9 Å². The topological polar surface area (TPSA) is 126 Å². The van der Waals surface area contributed by atoms with Gasteiger partial charge in [0, 0.05) is 17.4 Å². The van der Waals surface area contributed by atoms with Gasteiger partial charge in [-0.05, 0) is 30.7 Å². The number of anilines is 2. The van der Waals surface area contributed by atoms with Crippen LogP contribution in [0.3, 0.4) is 0 Å². The van der Waals surface area contributed by atoms with Crippen molar-refractivity contribution in [2.75, 3.05) is 15.8 Å². The van der Waals surface area contributed by atoms with Crippen LogP contribution >= 0.6 is 0 Å². The summed E-state index contributed by atoms with van der Waals surface area (Å²) in [4.78, 5) is 22.7. The van der Waals surface area contributed by atoms with Crippen LogP contribution in [0.4, 0.5) is 11.4 Å². The number of benzene rings is 1. The molecule has 0 fully saturated rings. The lowest BCUT2D eigenvalue weighted by atomic mass is 10.2. The Labute approximate surface area is 144 Å². The van der Waals surface area contributed by atoms with Crippen molar-refractivity contribution in [2.45, 2.75) is 19.8 Å². The zero-order valence-corrected chi connectivity index (χ0v) is 14.3. The SMILES string of the molecule is CCCCS(=O)(=O)Nc1ccc(NC(=O)c2cc(C(=O)O)co2)cc1. The van der Waals surface area contributed by atoms with Crippen LogP contribution in [0.5, 0.6) is 0 Å². The first-order chi connectivity index (χ1) is 11.8. The van der Waals surface area contributed by atoms with Gasteiger partial charge < -0.3 is 14.8 Å². The molecule has 0 bridgehead atoms. The van der Waals surface area contributed by atoms with Crippen molar-refractivity contribution >= 4 is 33.3 Å². The number of rotatable bonds is 8. The van der Waals surface area contributed by atoms with Crippen LogP contribution in [-0.4, -0.2) is 31.2 Å². The molecule has 134 valence electrons. The number of unbranched alkanes of at least 4 members (excludes halogenated alkanes) is 1. The first kappa shape index (κ1) is 18.5. The van der Waals surface area contributed by atoms with Gasteiger partial charge in [0.15, 0.2) is 5.76 Å². The highest BCUT2D eigenvalue weighted by Crippen LogP contribution is 2.17. The summed E-state index contributed by atoms with van der Waals surface area (Å²) in [6.07, 6.45) is 2.33. The molecule has 0 atom stereocenters. The molecule has 1 aromatic carbocycles. The Kier molecular flexibility index (Phi) is 5.81. The Hall–Kier alpha value is -2.81. The lowest BCUT2D eigenvalue weighted by Gasteiger charge is -2.08. The van der Waals surface area contributed by atoms with Crippen LogP contribution < -0.4 is 10.0 Å². The second kappa shape index (κ2) is 7.84. The van der Waals surface area contributed by atoms with Crippen molar-refractivity contribution in [1.29, 1.82) is 0 Å². The summed E-state index contributed by atoms with van der Waals surface area (Å²) < 4.78 is 31.0. The number of carboxylic acids is 1. The summed E-state index contributed by atoms with van der Waals surface area (Å²) in [6, 6.07) is 7.20. The number of hydrogen-bond acceptors (Lipinski definition) is 5. The van der Waals surface area contributed by atoms with E-state index in [4.69, 9.17) is 9.52 Å². The molecule has 9 heteroatoms. The normalized spacial score (nSPS) is 11.1. The predicted octanol–water partition coefficient (Wildman–Crippen LogP) is 2.77. The molecule has 0 radical (unpaired) electrons. The number of carboxylic acid groups (broad SMARTS) is 1. The Morgan fingerprint density at radius 3 is 2.36 bits per heavy atom. The van der Waals surface area contributed by atoms with E-state index in [2.05, 4.69) is 10.0 Å². The van der Waals surface area contributed by atoms with Crippen molar-refractivity contribution < 1.29 is 27.5 Å². The summed E-state index contributed by atoms with van der Waals surface area (Å²) in [5, 5.41) is 11.3. The molecule has 1 heterocycles. The molecule has 1 aromatic heterocycles. The number of furan rings is 1. The van der Waals surface area contributed by atoms with Gasteiger partial charge in [0.2, 0.25) is 10.0 Å². The fraction of sp³-hybridized carbons (Fsp3) is 0.250. The number of carbonyl (C=O) groups excluding carboxylic acids is 1. The molecule has 0 saturated carbocycles.